The van der Waals surface area contributed by atoms with Crippen LogP contribution in [0.25, 0.3) is 0 Å². The fraction of sp³-hybridized carbons (Fsp3) is 0.611. The van der Waals surface area contributed by atoms with E-state index in [0.29, 0.717) is 25.7 Å². The summed E-state index contributed by atoms with van der Waals surface area (Å²) in [6, 6.07) is 10.2. The number of rotatable bonds is 7. The van der Waals surface area contributed by atoms with Gasteiger partial charge in [-0.1, -0.05) is 37.3 Å². The van der Waals surface area contributed by atoms with E-state index < -0.39 is 0 Å². The lowest BCUT2D eigenvalue weighted by Gasteiger charge is -2.21. The van der Waals surface area contributed by atoms with Crippen LogP contribution in [-0.4, -0.2) is 54.9 Å². The van der Waals surface area contributed by atoms with E-state index in [1.165, 1.54) is 5.56 Å². The fourth-order valence-electron chi connectivity index (χ4n) is 2.61. The van der Waals surface area contributed by atoms with Gasteiger partial charge in [0.05, 0.1) is 19.3 Å². The summed E-state index contributed by atoms with van der Waals surface area (Å²) in [7, 11) is 0. The SMILES string of the molecule is CCNC(=NCC(C)COCc1ccccc1)N1CC[C@@H](O)C1.I. The second kappa shape index (κ2) is 11.7. The standard InChI is InChI=1S/C18H29N3O2.HI/c1-3-19-18(21-10-9-17(22)12-21)20-11-15(2)13-23-14-16-7-5-4-6-8-16;/h4-8,15,17,22H,3,9-14H2,1-2H3,(H,19,20);1H/t15?,17-;/m1./s1. The second-order valence-corrected chi connectivity index (χ2v) is 6.19. The molecular weight excluding hydrogens is 417 g/mol. The summed E-state index contributed by atoms with van der Waals surface area (Å²) in [4.78, 5) is 6.83. The predicted octanol–water partition coefficient (Wildman–Crippen LogP) is 2.49. The van der Waals surface area contributed by atoms with Crippen molar-refractivity contribution in [3.63, 3.8) is 0 Å². The van der Waals surface area contributed by atoms with Gasteiger partial charge in [-0.15, -0.1) is 24.0 Å². The highest BCUT2D eigenvalue weighted by Gasteiger charge is 2.22. The number of ether oxygens (including phenoxy) is 1. The summed E-state index contributed by atoms with van der Waals surface area (Å²) in [5, 5.41) is 13.0. The van der Waals surface area contributed by atoms with Crippen molar-refractivity contribution in [2.75, 3.05) is 32.8 Å². The average molecular weight is 447 g/mol. The van der Waals surface area contributed by atoms with Crippen molar-refractivity contribution in [3.05, 3.63) is 35.9 Å². The van der Waals surface area contributed by atoms with Gasteiger partial charge < -0.3 is 20.1 Å². The number of nitrogens with one attached hydrogen (secondary N) is 1. The highest BCUT2D eigenvalue weighted by atomic mass is 127. The molecule has 1 saturated heterocycles. The molecule has 0 amide bonds. The molecule has 5 nitrogen and oxygen atoms in total. The van der Waals surface area contributed by atoms with Gasteiger partial charge >= 0.3 is 0 Å². The van der Waals surface area contributed by atoms with Gasteiger partial charge in [0.15, 0.2) is 5.96 Å². The number of likely N-dealkylation sites (tertiary alicyclic amines) is 1. The zero-order chi connectivity index (χ0) is 16.5. The number of β-amino-alcohol motifs (C(OH)–C–C–N with tert-alkyl or cyclic N) is 1. The number of aliphatic imine (C=N–C) groups is 1. The number of aliphatic hydroxyl groups excluding tert-OH is 1. The topological polar surface area (TPSA) is 57.1 Å². The molecule has 1 unspecified atom stereocenters. The number of aliphatic hydroxyl groups is 1. The summed E-state index contributed by atoms with van der Waals surface area (Å²) >= 11 is 0. The molecule has 1 heterocycles. The Morgan fingerprint density at radius 1 is 1.42 bits per heavy atom. The molecule has 0 aliphatic carbocycles. The molecule has 1 aliphatic rings. The second-order valence-electron chi connectivity index (χ2n) is 6.19. The quantitative estimate of drug-likeness (QED) is 0.383. The van der Waals surface area contributed by atoms with Crippen LogP contribution < -0.4 is 5.32 Å². The molecule has 0 aromatic heterocycles. The van der Waals surface area contributed by atoms with E-state index >= 15 is 0 Å². The first-order valence-electron chi connectivity index (χ1n) is 8.52. The van der Waals surface area contributed by atoms with E-state index in [-0.39, 0.29) is 30.1 Å². The predicted molar refractivity (Wildman–Crippen MR) is 109 cm³/mol. The normalized spacial score (nSPS) is 19.0. The Bertz CT molecular complexity index is 484. The maximum Gasteiger partial charge on any atom is 0.194 e. The minimum Gasteiger partial charge on any atom is -0.391 e. The van der Waals surface area contributed by atoms with Crippen LogP contribution >= 0.6 is 24.0 Å². The zero-order valence-electron chi connectivity index (χ0n) is 14.6. The van der Waals surface area contributed by atoms with Crippen LogP contribution in [0.4, 0.5) is 0 Å². The maximum atomic E-state index is 9.67. The van der Waals surface area contributed by atoms with Crippen molar-refractivity contribution in [2.24, 2.45) is 10.9 Å². The van der Waals surface area contributed by atoms with Gasteiger partial charge in [-0.2, -0.15) is 0 Å². The molecule has 0 bridgehead atoms. The molecule has 1 aromatic rings. The molecule has 1 aliphatic heterocycles. The largest absolute Gasteiger partial charge is 0.391 e. The summed E-state index contributed by atoms with van der Waals surface area (Å²) in [6.45, 7) is 8.66. The summed E-state index contributed by atoms with van der Waals surface area (Å²) in [6.07, 6.45) is 0.589. The van der Waals surface area contributed by atoms with Gasteiger partial charge in [0, 0.05) is 26.2 Å². The number of hydrogen-bond acceptors (Lipinski definition) is 3. The van der Waals surface area contributed by atoms with Crippen molar-refractivity contribution < 1.29 is 9.84 Å². The smallest absolute Gasteiger partial charge is 0.194 e. The van der Waals surface area contributed by atoms with Crippen LogP contribution in [0, 0.1) is 5.92 Å². The molecule has 2 atom stereocenters. The molecule has 0 radical (unpaired) electrons. The first-order chi connectivity index (χ1) is 11.2. The molecule has 0 spiro atoms. The first kappa shape index (κ1) is 21.2. The van der Waals surface area contributed by atoms with E-state index in [1.54, 1.807) is 0 Å². The van der Waals surface area contributed by atoms with E-state index in [2.05, 4.69) is 36.2 Å². The third-order valence-electron chi connectivity index (χ3n) is 3.86. The molecule has 6 heteroatoms. The van der Waals surface area contributed by atoms with E-state index in [4.69, 9.17) is 9.73 Å². The van der Waals surface area contributed by atoms with Gasteiger partial charge in [0.1, 0.15) is 0 Å². The van der Waals surface area contributed by atoms with Crippen molar-refractivity contribution >= 4 is 29.9 Å². The van der Waals surface area contributed by atoms with E-state index in [0.717, 1.165) is 32.0 Å². The average Bonchev–Trinajstić information content (AvgIpc) is 2.99. The van der Waals surface area contributed by atoms with E-state index in [9.17, 15) is 5.11 Å². The third kappa shape index (κ3) is 7.36. The Morgan fingerprint density at radius 2 is 2.17 bits per heavy atom. The number of halogens is 1. The Kier molecular flexibility index (Phi) is 10.3. The van der Waals surface area contributed by atoms with Crippen molar-refractivity contribution in [1.82, 2.24) is 10.2 Å². The highest BCUT2D eigenvalue weighted by Crippen LogP contribution is 2.09. The Balaban J connectivity index is 0.00000288. The summed E-state index contributed by atoms with van der Waals surface area (Å²) in [5.41, 5.74) is 1.20. The lowest BCUT2D eigenvalue weighted by Crippen LogP contribution is -2.40. The first-order valence-corrected chi connectivity index (χ1v) is 8.52. The maximum absolute atomic E-state index is 9.67. The number of hydrogen-bond donors (Lipinski definition) is 2. The minimum atomic E-state index is -0.231. The molecule has 2 N–H and O–H groups in total. The Labute approximate surface area is 162 Å². The molecular formula is C18H30IN3O2. The van der Waals surface area contributed by atoms with Crippen molar-refractivity contribution in [1.29, 1.82) is 0 Å². The highest BCUT2D eigenvalue weighted by molar-refractivity contribution is 14.0. The van der Waals surface area contributed by atoms with Gasteiger partial charge in [-0.05, 0) is 24.8 Å². The molecule has 0 saturated carbocycles. The number of nitrogens with zero attached hydrogens (tertiary/aromatic N) is 2. The number of benzene rings is 1. The van der Waals surface area contributed by atoms with Crippen LogP contribution in [0.1, 0.15) is 25.8 Å². The number of guanidine groups is 1. The van der Waals surface area contributed by atoms with Crippen LogP contribution in [-0.2, 0) is 11.3 Å². The molecule has 1 aromatic carbocycles. The van der Waals surface area contributed by atoms with Gasteiger partial charge in [-0.3, -0.25) is 4.99 Å². The molecule has 24 heavy (non-hydrogen) atoms. The van der Waals surface area contributed by atoms with Crippen molar-refractivity contribution in [3.8, 4) is 0 Å². The van der Waals surface area contributed by atoms with E-state index in [1.807, 2.05) is 18.2 Å². The lowest BCUT2D eigenvalue weighted by molar-refractivity contribution is 0.0944. The molecule has 2 rings (SSSR count). The Hall–Kier alpha value is -0.860. The third-order valence-corrected chi connectivity index (χ3v) is 3.86. The minimum absolute atomic E-state index is 0. The monoisotopic (exact) mass is 447 g/mol. The van der Waals surface area contributed by atoms with Gasteiger partial charge in [-0.25, -0.2) is 0 Å². The Morgan fingerprint density at radius 3 is 2.79 bits per heavy atom. The summed E-state index contributed by atoms with van der Waals surface area (Å²) in [5.74, 6) is 1.26. The molecule has 1 fully saturated rings. The summed E-state index contributed by atoms with van der Waals surface area (Å²) < 4.78 is 5.77. The van der Waals surface area contributed by atoms with Crippen LogP contribution in [0.2, 0.25) is 0 Å². The van der Waals surface area contributed by atoms with Gasteiger partial charge in [0.2, 0.25) is 0 Å². The zero-order valence-corrected chi connectivity index (χ0v) is 17.0. The van der Waals surface area contributed by atoms with Crippen LogP contribution in [0.3, 0.4) is 0 Å². The van der Waals surface area contributed by atoms with Crippen LogP contribution in [0.15, 0.2) is 35.3 Å². The van der Waals surface area contributed by atoms with Crippen LogP contribution in [0.5, 0.6) is 0 Å². The van der Waals surface area contributed by atoms with Crippen molar-refractivity contribution in [2.45, 2.75) is 33.0 Å². The fourth-order valence-corrected chi connectivity index (χ4v) is 2.61. The lowest BCUT2D eigenvalue weighted by atomic mass is 10.2. The molecule has 136 valence electrons. The van der Waals surface area contributed by atoms with Gasteiger partial charge in [0.25, 0.3) is 0 Å².